The smallest absolute Gasteiger partial charge is 0.326 e. The molecule has 0 saturated carbocycles. The molecular weight excluding hydrogens is 298 g/mol. The van der Waals surface area contributed by atoms with E-state index in [1.165, 1.54) is 19.2 Å². The van der Waals surface area contributed by atoms with Gasteiger partial charge in [-0.15, -0.1) is 0 Å². The second-order valence-electron chi connectivity index (χ2n) is 5.11. The van der Waals surface area contributed by atoms with E-state index in [4.69, 9.17) is 14.6 Å². The van der Waals surface area contributed by atoms with Crippen LogP contribution in [-0.2, 0) is 4.79 Å². The van der Waals surface area contributed by atoms with Crippen LogP contribution >= 0.6 is 0 Å². The van der Waals surface area contributed by atoms with E-state index in [1.807, 2.05) is 31.2 Å². The molecule has 0 aliphatic rings. The summed E-state index contributed by atoms with van der Waals surface area (Å²) in [6.07, 6.45) is 1.43. The normalized spacial score (nSPS) is 11.7. The Balaban J connectivity index is 1.95. The minimum atomic E-state index is -1.08. The van der Waals surface area contributed by atoms with E-state index in [-0.39, 0.29) is 19.0 Å². The number of carboxylic acid groups (broad SMARTS) is 1. The van der Waals surface area contributed by atoms with Crippen LogP contribution in [0, 0.1) is 6.92 Å². The topological polar surface area (TPSA) is 77.8 Å². The number of aryl methyl sites for hydroxylation is 1. The summed E-state index contributed by atoms with van der Waals surface area (Å²) in [6.45, 7) is 3.88. The molecule has 2 aromatic rings. The highest BCUT2D eigenvalue weighted by molar-refractivity contribution is 5.71. The van der Waals surface area contributed by atoms with Crippen LogP contribution in [0.1, 0.15) is 18.5 Å². The number of hydrogen-bond donors (Lipinski definition) is 1. The highest BCUT2D eigenvalue weighted by Gasteiger charge is 2.16. The number of rotatable bonds is 7. The zero-order valence-electron chi connectivity index (χ0n) is 13.1. The van der Waals surface area contributed by atoms with Crippen LogP contribution in [0.5, 0.6) is 11.5 Å². The zero-order valence-corrected chi connectivity index (χ0v) is 13.1. The lowest BCUT2D eigenvalue weighted by Crippen LogP contribution is -2.28. The predicted molar refractivity (Wildman–Crippen MR) is 85.2 cm³/mol. The van der Waals surface area contributed by atoms with Gasteiger partial charge in [0.1, 0.15) is 25.0 Å². The van der Waals surface area contributed by atoms with Crippen molar-refractivity contribution in [1.29, 1.82) is 0 Å². The van der Waals surface area contributed by atoms with Gasteiger partial charge in [0, 0.05) is 6.20 Å². The number of hydrogen-bond acceptors (Lipinski definition) is 4. The number of aliphatic carboxylic acids is 1. The van der Waals surface area contributed by atoms with Crippen molar-refractivity contribution in [1.82, 2.24) is 4.57 Å². The highest BCUT2D eigenvalue weighted by Crippen LogP contribution is 2.12. The summed E-state index contributed by atoms with van der Waals surface area (Å²) >= 11 is 0. The second kappa shape index (κ2) is 7.49. The quantitative estimate of drug-likeness (QED) is 0.793. The standard InChI is InChI=1S/C17H19NO5/c1-12-5-3-6-14(11-12)22-9-10-23-15-7-4-8-18(16(15)19)13(2)17(20)21/h3-8,11,13H,9-10H2,1-2H3,(H,20,21). The van der Waals surface area contributed by atoms with E-state index in [0.29, 0.717) is 0 Å². The molecule has 0 bridgehead atoms. The van der Waals surface area contributed by atoms with E-state index in [2.05, 4.69) is 0 Å². The van der Waals surface area contributed by atoms with Crippen LogP contribution < -0.4 is 15.0 Å². The molecule has 0 fully saturated rings. The van der Waals surface area contributed by atoms with Crippen molar-refractivity contribution in [2.75, 3.05) is 13.2 Å². The third-order valence-electron chi connectivity index (χ3n) is 3.31. The Hall–Kier alpha value is -2.76. The molecule has 122 valence electrons. The number of pyridine rings is 1. The average Bonchev–Trinajstić information content (AvgIpc) is 2.52. The number of nitrogens with zero attached hydrogens (tertiary/aromatic N) is 1. The molecule has 1 unspecified atom stereocenters. The fourth-order valence-electron chi connectivity index (χ4n) is 2.04. The lowest BCUT2D eigenvalue weighted by Gasteiger charge is -2.13. The van der Waals surface area contributed by atoms with Gasteiger partial charge in [0.25, 0.3) is 5.56 Å². The summed E-state index contributed by atoms with van der Waals surface area (Å²) in [5.41, 5.74) is 0.620. The van der Waals surface area contributed by atoms with Gasteiger partial charge in [0.2, 0.25) is 0 Å². The summed E-state index contributed by atoms with van der Waals surface area (Å²) in [4.78, 5) is 23.1. The summed E-state index contributed by atoms with van der Waals surface area (Å²) < 4.78 is 12.1. The van der Waals surface area contributed by atoms with E-state index in [1.54, 1.807) is 6.07 Å². The van der Waals surface area contributed by atoms with Crippen molar-refractivity contribution in [2.24, 2.45) is 0 Å². The first-order valence-electron chi connectivity index (χ1n) is 7.25. The van der Waals surface area contributed by atoms with Gasteiger partial charge in [-0.05, 0) is 43.7 Å². The molecule has 0 radical (unpaired) electrons. The number of benzene rings is 1. The Morgan fingerprint density at radius 1 is 1.22 bits per heavy atom. The van der Waals surface area contributed by atoms with Gasteiger partial charge >= 0.3 is 5.97 Å². The van der Waals surface area contributed by atoms with Crippen LogP contribution in [0.15, 0.2) is 47.4 Å². The molecule has 0 amide bonds. The minimum absolute atomic E-state index is 0.105. The third-order valence-corrected chi connectivity index (χ3v) is 3.31. The molecule has 1 aromatic carbocycles. The maximum absolute atomic E-state index is 12.2. The zero-order chi connectivity index (χ0) is 16.8. The molecule has 1 atom stereocenters. The Labute approximate surface area is 133 Å². The maximum Gasteiger partial charge on any atom is 0.326 e. The van der Waals surface area contributed by atoms with Crippen molar-refractivity contribution in [3.63, 3.8) is 0 Å². The van der Waals surface area contributed by atoms with Crippen LogP contribution in [0.25, 0.3) is 0 Å². The third kappa shape index (κ3) is 4.35. The predicted octanol–water partition coefficient (Wildman–Crippen LogP) is 2.26. The summed E-state index contributed by atoms with van der Waals surface area (Å²) in [5, 5.41) is 8.99. The van der Waals surface area contributed by atoms with Gasteiger partial charge in [-0.1, -0.05) is 12.1 Å². The Bertz CT molecular complexity index is 738. The van der Waals surface area contributed by atoms with Crippen molar-refractivity contribution in [3.8, 4) is 11.5 Å². The maximum atomic E-state index is 12.2. The first-order valence-corrected chi connectivity index (χ1v) is 7.25. The van der Waals surface area contributed by atoms with E-state index in [0.717, 1.165) is 15.9 Å². The van der Waals surface area contributed by atoms with Crippen LogP contribution in [0.3, 0.4) is 0 Å². The number of aromatic nitrogens is 1. The summed E-state index contributed by atoms with van der Waals surface area (Å²) in [7, 11) is 0. The fourth-order valence-corrected chi connectivity index (χ4v) is 2.04. The molecule has 0 aliphatic carbocycles. The van der Waals surface area contributed by atoms with Crippen molar-refractivity contribution < 1.29 is 19.4 Å². The molecular formula is C17H19NO5. The average molecular weight is 317 g/mol. The van der Waals surface area contributed by atoms with Crippen molar-refractivity contribution in [3.05, 3.63) is 58.5 Å². The Kier molecular flexibility index (Phi) is 5.41. The van der Waals surface area contributed by atoms with E-state index < -0.39 is 17.6 Å². The van der Waals surface area contributed by atoms with Gasteiger partial charge in [0.05, 0.1) is 0 Å². The molecule has 1 heterocycles. The number of carbonyl (C=O) groups is 1. The van der Waals surface area contributed by atoms with Crippen LogP contribution in [0.2, 0.25) is 0 Å². The Morgan fingerprint density at radius 2 is 1.96 bits per heavy atom. The highest BCUT2D eigenvalue weighted by atomic mass is 16.5. The largest absolute Gasteiger partial charge is 0.490 e. The lowest BCUT2D eigenvalue weighted by atomic mass is 10.2. The van der Waals surface area contributed by atoms with Crippen molar-refractivity contribution in [2.45, 2.75) is 19.9 Å². The molecule has 23 heavy (non-hydrogen) atoms. The summed E-state index contributed by atoms with van der Waals surface area (Å²) in [6, 6.07) is 9.77. The van der Waals surface area contributed by atoms with Gasteiger partial charge < -0.3 is 14.6 Å². The number of ether oxygens (including phenoxy) is 2. The lowest BCUT2D eigenvalue weighted by molar-refractivity contribution is -0.140. The first kappa shape index (κ1) is 16.6. The van der Waals surface area contributed by atoms with Crippen molar-refractivity contribution >= 4 is 5.97 Å². The fraction of sp³-hybridized carbons (Fsp3) is 0.294. The molecule has 6 nitrogen and oxygen atoms in total. The van der Waals surface area contributed by atoms with Gasteiger partial charge in [-0.3, -0.25) is 9.36 Å². The van der Waals surface area contributed by atoms with Gasteiger partial charge in [-0.25, -0.2) is 4.79 Å². The molecule has 0 saturated heterocycles. The van der Waals surface area contributed by atoms with Gasteiger partial charge in [-0.2, -0.15) is 0 Å². The monoisotopic (exact) mass is 317 g/mol. The SMILES string of the molecule is Cc1cccc(OCCOc2cccn(C(C)C(=O)O)c2=O)c1. The van der Waals surface area contributed by atoms with E-state index >= 15 is 0 Å². The first-order chi connectivity index (χ1) is 11.0. The molecule has 2 rings (SSSR count). The van der Waals surface area contributed by atoms with Crippen LogP contribution in [0.4, 0.5) is 0 Å². The number of carboxylic acids is 1. The molecule has 6 heteroatoms. The molecule has 1 N–H and O–H groups in total. The minimum Gasteiger partial charge on any atom is -0.490 e. The molecule has 1 aromatic heterocycles. The molecule has 0 spiro atoms. The summed E-state index contributed by atoms with van der Waals surface area (Å²) in [5.74, 6) is -0.237. The van der Waals surface area contributed by atoms with E-state index in [9.17, 15) is 9.59 Å². The Morgan fingerprint density at radius 3 is 2.65 bits per heavy atom. The van der Waals surface area contributed by atoms with Crippen LogP contribution in [-0.4, -0.2) is 28.9 Å². The van der Waals surface area contributed by atoms with Gasteiger partial charge in [0.15, 0.2) is 5.75 Å². The second-order valence-corrected chi connectivity index (χ2v) is 5.11. The molecule has 0 aliphatic heterocycles.